The Hall–Kier alpha value is -1.70. The smallest absolute Gasteiger partial charge is 0.261 e. The Morgan fingerprint density at radius 1 is 1.26 bits per heavy atom. The fourth-order valence-corrected chi connectivity index (χ4v) is 4.40. The van der Waals surface area contributed by atoms with Gasteiger partial charge in [0.2, 0.25) is 10.0 Å². The number of carbonyl (C=O) groups excluding carboxylic acids is 1. The molecule has 0 fully saturated rings. The van der Waals surface area contributed by atoms with Crippen LogP contribution in [0.25, 0.3) is 0 Å². The molecule has 0 unspecified atom stereocenters. The van der Waals surface area contributed by atoms with Gasteiger partial charge in [-0.15, -0.1) is 11.3 Å². The molecule has 0 radical (unpaired) electrons. The second kappa shape index (κ2) is 7.72. The molecule has 1 aromatic carbocycles. The lowest BCUT2D eigenvalue weighted by atomic mass is 10.2. The monoisotopic (exact) mass is 352 g/mol. The molecule has 0 aliphatic heterocycles. The van der Waals surface area contributed by atoms with Crippen LogP contribution in [0, 0.1) is 0 Å². The van der Waals surface area contributed by atoms with E-state index in [-0.39, 0.29) is 10.8 Å². The molecule has 1 heterocycles. The maximum atomic E-state index is 12.5. The van der Waals surface area contributed by atoms with E-state index >= 15 is 0 Å². The fraction of sp³-hybridized carbons (Fsp3) is 0.312. The van der Waals surface area contributed by atoms with Crippen LogP contribution in [0.1, 0.15) is 22.2 Å². The van der Waals surface area contributed by atoms with Gasteiger partial charge >= 0.3 is 0 Å². The predicted molar refractivity (Wildman–Crippen MR) is 92.3 cm³/mol. The van der Waals surface area contributed by atoms with Crippen LogP contribution in [0.4, 0.5) is 0 Å². The Kier molecular flexibility index (Phi) is 5.92. The van der Waals surface area contributed by atoms with Gasteiger partial charge in [0.1, 0.15) is 0 Å². The first kappa shape index (κ1) is 17.7. The largest absolute Gasteiger partial charge is 0.352 e. The van der Waals surface area contributed by atoms with E-state index in [0.717, 1.165) is 16.9 Å². The van der Waals surface area contributed by atoms with E-state index in [0.29, 0.717) is 24.4 Å². The van der Waals surface area contributed by atoms with E-state index in [2.05, 4.69) is 5.32 Å². The summed E-state index contributed by atoms with van der Waals surface area (Å²) in [5.41, 5.74) is 1.09. The predicted octanol–water partition coefficient (Wildman–Crippen LogP) is 2.36. The number of benzene rings is 1. The minimum absolute atomic E-state index is 0.166. The van der Waals surface area contributed by atoms with Gasteiger partial charge in [0.15, 0.2) is 0 Å². The lowest BCUT2D eigenvalue weighted by molar-refractivity contribution is 0.0959. The number of thiophene rings is 1. The maximum Gasteiger partial charge on any atom is 0.261 e. The Balaban J connectivity index is 2.07. The Labute approximate surface area is 141 Å². The topological polar surface area (TPSA) is 66.5 Å². The summed E-state index contributed by atoms with van der Waals surface area (Å²) in [6, 6.07) is 11.2. The number of nitrogens with one attached hydrogen (secondary N) is 1. The van der Waals surface area contributed by atoms with E-state index in [9.17, 15) is 13.2 Å². The molecular weight excluding hydrogens is 332 g/mol. The van der Waals surface area contributed by atoms with Gasteiger partial charge in [-0.05, 0) is 25.0 Å². The summed E-state index contributed by atoms with van der Waals surface area (Å²) in [4.78, 5) is 12.3. The summed E-state index contributed by atoms with van der Waals surface area (Å²) in [5, 5.41) is 4.18. The number of amides is 1. The standard InChI is InChI=1S/C16H20N2O3S2/c1-3-17-16(19)15-11-14(12-22-15)23(20,21)18(2)10-9-13-7-5-4-6-8-13/h4-8,11-12H,3,9-10H2,1-2H3,(H,17,19). The highest BCUT2D eigenvalue weighted by atomic mass is 32.2. The number of sulfonamides is 1. The number of likely N-dealkylation sites (N-methyl/N-ethyl adjacent to an activating group) is 1. The highest BCUT2D eigenvalue weighted by molar-refractivity contribution is 7.89. The third-order valence-electron chi connectivity index (χ3n) is 3.40. The second-order valence-electron chi connectivity index (χ2n) is 5.07. The third kappa shape index (κ3) is 4.40. The minimum Gasteiger partial charge on any atom is -0.352 e. The lowest BCUT2D eigenvalue weighted by Gasteiger charge is -2.16. The SMILES string of the molecule is CCNC(=O)c1cc(S(=O)(=O)N(C)CCc2ccccc2)cs1. The van der Waals surface area contributed by atoms with E-state index in [1.165, 1.54) is 15.8 Å². The van der Waals surface area contributed by atoms with Gasteiger partial charge in [-0.1, -0.05) is 30.3 Å². The summed E-state index contributed by atoms with van der Waals surface area (Å²) in [6.07, 6.45) is 0.643. The number of carbonyl (C=O) groups is 1. The Bertz CT molecular complexity index is 755. The molecular formula is C16H20N2O3S2. The first-order valence-electron chi connectivity index (χ1n) is 7.32. The number of rotatable bonds is 7. The molecule has 0 bridgehead atoms. The third-order valence-corrected chi connectivity index (χ3v) is 6.32. The molecule has 0 aliphatic rings. The van der Waals surface area contributed by atoms with Crippen molar-refractivity contribution in [2.45, 2.75) is 18.2 Å². The van der Waals surface area contributed by atoms with E-state index in [1.54, 1.807) is 7.05 Å². The zero-order chi connectivity index (χ0) is 16.9. The normalized spacial score (nSPS) is 11.6. The van der Waals surface area contributed by atoms with Gasteiger partial charge in [-0.3, -0.25) is 4.79 Å². The zero-order valence-corrected chi connectivity index (χ0v) is 14.8. The molecule has 124 valence electrons. The van der Waals surface area contributed by atoms with Gasteiger partial charge in [0.25, 0.3) is 5.91 Å². The van der Waals surface area contributed by atoms with Crippen LogP contribution >= 0.6 is 11.3 Å². The number of hydrogen-bond acceptors (Lipinski definition) is 4. The van der Waals surface area contributed by atoms with Crippen LogP contribution in [-0.4, -0.2) is 38.8 Å². The number of hydrogen-bond donors (Lipinski definition) is 1. The van der Waals surface area contributed by atoms with Crippen molar-refractivity contribution >= 4 is 27.3 Å². The zero-order valence-electron chi connectivity index (χ0n) is 13.2. The molecule has 2 rings (SSSR count). The lowest BCUT2D eigenvalue weighted by Crippen LogP contribution is -2.28. The summed E-state index contributed by atoms with van der Waals surface area (Å²) < 4.78 is 26.4. The number of nitrogens with zero attached hydrogens (tertiary/aromatic N) is 1. The van der Waals surface area contributed by atoms with E-state index < -0.39 is 10.0 Å². The molecule has 0 aliphatic carbocycles. The van der Waals surface area contributed by atoms with Gasteiger partial charge in [-0.25, -0.2) is 12.7 Å². The molecule has 1 amide bonds. The Morgan fingerprint density at radius 2 is 1.96 bits per heavy atom. The highest BCUT2D eigenvalue weighted by Crippen LogP contribution is 2.22. The molecule has 2 aromatic rings. The first-order chi connectivity index (χ1) is 10.9. The van der Waals surface area contributed by atoms with Crippen molar-refractivity contribution in [1.29, 1.82) is 0 Å². The van der Waals surface area contributed by atoms with Crippen LogP contribution in [0.2, 0.25) is 0 Å². The van der Waals surface area contributed by atoms with Crippen molar-refractivity contribution in [3.8, 4) is 0 Å². The second-order valence-corrected chi connectivity index (χ2v) is 8.02. The van der Waals surface area contributed by atoms with E-state index in [4.69, 9.17) is 0 Å². The van der Waals surface area contributed by atoms with Crippen LogP contribution < -0.4 is 5.32 Å². The summed E-state index contributed by atoms with van der Waals surface area (Å²) in [7, 11) is -2.02. The maximum absolute atomic E-state index is 12.5. The van der Waals surface area contributed by atoms with Gasteiger partial charge in [0.05, 0.1) is 9.77 Å². The van der Waals surface area contributed by atoms with Crippen molar-refractivity contribution < 1.29 is 13.2 Å². The van der Waals surface area contributed by atoms with Crippen molar-refractivity contribution in [3.05, 3.63) is 52.2 Å². The average Bonchev–Trinajstić information content (AvgIpc) is 3.04. The van der Waals surface area contributed by atoms with Crippen molar-refractivity contribution in [3.63, 3.8) is 0 Å². The summed E-state index contributed by atoms with van der Waals surface area (Å²) in [6.45, 7) is 2.72. The van der Waals surface area contributed by atoms with Crippen LogP contribution in [0.5, 0.6) is 0 Å². The van der Waals surface area contributed by atoms with Crippen molar-refractivity contribution in [1.82, 2.24) is 9.62 Å². The molecule has 5 nitrogen and oxygen atoms in total. The first-order valence-corrected chi connectivity index (χ1v) is 9.64. The Morgan fingerprint density at radius 3 is 2.61 bits per heavy atom. The van der Waals surface area contributed by atoms with Gasteiger partial charge in [-0.2, -0.15) is 0 Å². The quantitative estimate of drug-likeness (QED) is 0.832. The molecule has 1 N–H and O–H groups in total. The van der Waals surface area contributed by atoms with E-state index in [1.807, 2.05) is 37.3 Å². The molecule has 7 heteroatoms. The van der Waals surface area contributed by atoms with Crippen LogP contribution in [-0.2, 0) is 16.4 Å². The fourth-order valence-electron chi connectivity index (χ4n) is 2.05. The van der Waals surface area contributed by atoms with Gasteiger partial charge < -0.3 is 5.32 Å². The summed E-state index contributed by atoms with van der Waals surface area (Å²) in [5.74, 6) is -0.245. The van der Waals surface area contributed by atoms with Gasteiger partial charge in [0, 0.05) is 25.5 Å². The van der Waals surface area contributed by atoms with Crippen molar-refractivity contribution in [2.75, 3.05) is 20.1 Å². The average molecular weight is 352 g/mol. The molecule has 23 heavy (non-hydrogen) atoms. The minimum atomic E-state index is -3.57. The molecule has 0 saturated heterocycles. The van der Waals surface area contributed by atoms with Crippen molar-refractivity contribution in [2.24, 2.45) is 0 Å². The molecule has 0 saturated carbocycles. The van der Waals surface area contributed by atoms with Crippen LogP contribution in [0.15, 0.2) is 46.7 Å². The molecule has 0 spiro atoms. The molecule has 1 aromatic heterocycles. The summed E-state index contributed by atoms with van der Waals surface area (Å²) >= 11 is 1.14. The molecule has 0 atom stereocenters. The highest BCUT2D eigenvalue weighted by Gasteiger charge is 2.23. The van der Waals surface area contributed by atoms with Crippen LogP contribution in [0.3, 0.4) is 0 Å².